The molecule has 0 bridgehead atoms. The second-order valence-electron chi connectivity index (χ2n) is 8.31. The number of carboxylic acid groups (broad SMARTS) is 1. The number of carbonyl (C=O) groups is 3. The maximum Gasteiger partial charge on any atom is 0.413 e. The molecule has 1 atom stereocenters. The van der Waals surface area contributed by atoms with Gasteiger partial charge in [-0.05, 0) is 35.6 Å². The van der Waals surface area contributed by atoms with Gasteiger partial charge in [-0.15, -0.1) is 11.3 Å². The van der Waals surface area contributed by atoms with Gasteiger partial charge in [0.15, 0.2) is 5.13 Å². The predicted octanol–water partition coefficient (Wildman–Crippen LogP) is 4.42. The number of carboxylic acids is 1. The predicted molar refractivity (Wildman–Crippen MR) is 129 cm³/mol. The summed E-state index contributed by atoms with van der Waals surface area (Å²) < 4.78 is 5.51. The van der Waals surface area contributed by atoms with E-state index in [1.807, 2.05) is 36.4 Å². The van der Waals surface area contributed by atoms with Crippen LogP contribution in [0.1, 0.15) is 43.0 Å². The van der Waals surface area contributed by atoms with Crippen molar-refractivity contribution in [3.05, 3.63) is 70.7 Å². The van der Waals surface area contributed by atoms with Crippen molar-refractivity contribution < 1.29 is 24.2 Å². The maximum atomic E-state index is 12.4. The van der Waals surface area contributed by atoms with Crippen LogP contribution in [0.15, 0.2) is 53.9 Å². The Kier molecular flexibility index (Phi) is 6.65. The summed E-state index contributed by atoms with van der Waals surface area (Å²) in [7, 11) is 0. The average molecular weight is 480 g/mol. The van der Waals surface area contributed by atoms with Gasteiger partial charge in [0.25, 0.3) is 0 Å². The third-order valence-electron chi connectivity index (χ3n) is 6.04. The number of hydrogen-bond acceptors (Lipinski definition) is 6. The Bertz CT molecular complexity index is 1200. The van der Waals surface area contributed by atoms with Crippen LogP contribution >= 0.6 is 11.3 Å². The third-order valence-corrected chi connectivity index (χ3v) is 6.85. The Balaban J connectivity index is 1.34. The first-order valence-electron chi connectivity index (χ1n) is 10.9. The van der Waals surface area contributed by atoms with Gasteiger partial charge in [-0.1, -0.05) is 55.5 Å². The van der Waals surface area contributed by atoms with Crippen LogP contribution < -0.4 is 10.6 Å². The number of anilines is 1. The first kappa shape index (κ1) is 23.4. The van der Waals surface area contributed by atoms with Crippen molar-refractivity contribution in [3.8, 4) is 11.1 Å². The van der Waals surface area contributed by atoms with E-state index >= 15 is 0 Å². The molecule has 4 rings (SSSR count). The van der Waals surface area contributed by atoms with E-state index in [0.29, 0.717) is 10.8 Å². The number of hydrogen-bond donors (Lipinski definition) is 3. The lowest BCUT2D eigenvalue weighted by molar-refractivity contribution is -0.146. The molecule has 0 fully saturated rings. The first-order valence-corrected chi connectivity index (χ1v) is 11.8. The Morgan fingerprint density at radius 1 is 1.09 bits per heavy atom. The van der Waals surface area contributed by atoms with Crippen LogP contribution in [0, 0.1) is 0 Å². The number of aliphatic carboxylic acids is 1. The van der Waals surface area contributed by atoms with Gasteiger partial charge >= 0.3 is 12.1 Å². The lowest BCUT2D eigenvalue weighted by Crippen LogP contribution is -2.52. The zero-order valence-electron chi connectivity index (χ0n) is 18.8. The lowest BCUT2D eigenvalue weighted by atomic mass is 9.98. The van der Waals surface area contributed by atoms with Gasteiger partial charge in [0.2, 0.25) is 5.91 Å². The van der Waals surface area contributed by atoms with Gasteiger partial charge in [-0.3, -0.25) is 10.1 Å². The Morgan fingerprint density at radius 3 is 2.29 bits per heavy atom. The summed E-state index contributed by atoms with van der Waals surface area (Å²) in [6.45, 7) is 3.33. The molecule has 0 saturated carbocycles. The summed E-state index contributed by atoms with van der Waals surface area (Å²) in [5.41, 5.74) is 3.64. The molecular weight excluding hydrogens is 454 g/mol. The van der Waals surface area contributed by atoms with Crippen LogP contribution in [-0.4, -0.2) is 40.2 Å². The topological polar surface area (TPSA) is 118 Å². The molecule has 2 aromatic carbocycles. The number of nitrogens with one attached hydrogen (secondary N) is 2. The maximum absolute atomic E-state index is 12.4. The highest BCUT2D eigenvalue weighted by Crippen LogP contribution is 2.44. The molecule has 3 N–H and O–H groups in total. The van der Waals surface area contributed by atoms with Gasteiger partial charge < -0.3 is 15.2 Å². The first-order chi connectivity index (χ1) is 16.3. The number of amides is 2. The molecule has 1 unspecified atom stereocenters. The van der Waals surface area contributed by atoms with Crippen LogP contribution in [0.4, 0.5) is 9.93 Å². The number of rotatable bonds is 8. The van der Waals surface area contributed by atoms with E-state index in [-0.39, 0.29) is 25.4 Å². The molecule has 0 radical (unpaired) electrons. The minimum Gasteiger partial charge on any atom is -0.480 e. The number of nitrogens with zero attached hydrogens (tertiary/aromatic N) is 1. The molecule has 1 aliphatic carbocycles. The quantitative estimate of drug-likeness (QED) is 0.440. The van der Waals surface area contributed by atoms with Gasteiger partial charge in [0.1, 0.15) is 12.1 Å². The van der Waals surface area contributed by atoms with E-state index in [0.717, 1.165) is 22.3 Å². The van der Waals surface area contributed by atoms with E-state index in [1.54, 1.807) is 12.3 Å². The minimum atomic E-state index is -1.34. The molecule has 34 heavy (non-hydrogen) atoms. The molecule has 1 heterocycles. The van der Waals surface area contributed by atoms with Gasteiger partial charge in [0, 0.05) is 11.3 Å². The Morgan fingerprint density at radius 2 is 1.71 bits per heavy atom. The van der Waals surface area contributed by atoms with Crippen molar-refractivity contribution in [1.82, 2.24) is 10.3 Å². The van der Waals surface area contributed by atoms with Gasteiger partial charge in [-0.25, -0.2) is 14.6 Å². The van der Waals surface area contributed by atoms with E-state index in [4.69, 9.17) is 4.74 Å². The SMILES string of the molecule is CCC(C)(NC(=O)Cc1csc(NC(=O)OCC2c3ccccc3-c3ccccc32)n1)C(=O)O. The standard InChI is InChI=1S/C25H25N3O5S/c1-3-25(2,22(30)31)28-21(29)12-15-14-34-23(26-15)27-24(32)33-13-20-18-10-6-4-8-16(18)17-9-5-7-11-19(17)20/h4-11,14,20H,3,12-13H2,1-2H3,(H,28,29)(H,30,31)(H,26,27,32). The van der Waals surface area contributed by atoms with Crippen molar-refractivity contribution in [2.75, 3.05) is 11.9 Å². The molecule has 0 saturated heterocycles. The highest BCUT2D eigenvalue weighted by atomic mass is 32.1. The average Bonchev–Trinajstić information content (AvgIpc) is 3.39. The fourth-order valence-corrected chi connectivity index (χ4v) is 4.67. The number of benzene rings is 2. The summed E-state index contributed by atoms with van der Waals surface area (Å²) in [6, 6.07) is 16.2. The second-order valence-corrected chi connectivity index (χ2v) is 9.17. The largest absolute Gasteiger partial charge is 0.480 e. The normalized spacial score (nSPS) is 13.9. The van der Waals surface area contributed by atoms with Crippen molar-refractivity contribution in [1.29, 1.82) is 0 Å². The number of thiazole rings is 1. The van der Waals surface area contributed by atoms with E-state index in [1.165, 1.54) is 18.3 Å². The Hall–Kier alpha value is -3.72. The summed E-state index contributed by atoms with van der Waals surface area (Å²) in [5.74, 6) is -1.60. The lowest BCUT2D eigenvalue weighted by Gasteiger charge is -2.24. The van der Waals surface area contributed by atoms with Crippen LogP contribution in [0.5, 0.6) is 0 Å². The summed E-state index contributed by atoms with van der Waals surface area (Å²) in [5, 5.41) is 16.4. The highest BCUT2D eigenvalue weighted by molar-refractivity contribution is 7.13. The fraction of sp³-hybridized carbons (Fsp3) is 0.280. The fourth-order valence-electron chi connectivity index (χ4n) is 3.98. The minimum absolute atomic E-state index is 0.0455. The monoisotopic (exact) mass is 479 g/mol. The number of fused-ring (bicyclic) bond motifs is 3. The zero-order valence-corrected chi connectivity index (χ0v) is 19.6. The number of aromatic nitrogens is 1. The van der Waals surface area contributed by atoms with E-state index < -0.39 is 23.5 Å². The Labute approximate surface area is 201 Å². The zero-order chi connectivity index (χ0) is 24.3. The second kappa shape index (κ2) is 9.64. The summed E-state index contributed by atoms with van der Waals surface area (Å²) >= 11 is 1.17. The smallest absolute Gasteiger partial charge is 0.413 e. The van der Waals surface area contributed by atoms with Crippen LogP contribution in [0.25, 0.3) is 11.1 Å². The van der Waals surface area contributed by atoms with Crippen molar-refractivity contribution >= 4 is 34.4 Å². The van der Waals surface area contributed by atoms with E-state index in [9.17, 15) is 19.5 Å². The molecular formula is C25H25N3O5S. The molecule has 0 aliphatic heterocycles. The number of carbonyl (C=O) groups excluding carboxylic acids is 2. The van der Waals surface area contributed by atoms with Crippen LogP contribution in [0.2, 0.25) is 0 Å². The van der Waals surface area contributed by atoms with Gasteiger partial charge in [0.05, 0.1) is 12.1 Å². The highest BCUT2D eigenvalue weighted by Gasteiger charge is 2.33. The molecule has 3 aromatic rings. The molecule has 0 spiro atoms. The van der Waals surface area contributed by atoms with Crippen molar-refractivity contribution in [3.63, 3.8) is 0 Å². The molecule has 1 aromatic heterocycles. The van der Waals surface area contributed by atoms with Crippen LogP contribution in [0.3, 0.4) is 0 Å². The summed E-state index contributed by atoms with van der Waals surface area (Å²) in [4.78, 5) is 40.3. The van der Waals surface area contributed by atoms with Gasteiger partial charge in [-0.2, -0.15) is 0 Å². The number of ether oxygens (including phenoxy) is 1. The van der Waals surface area contributed by atoms with E-state index in [2.05, 4.69) is 27.8 Å². The van der Waals surface area contributed by atoms with Crippen molar-refractivity contribution in [2.24, 2.45) is 0 Å². The third kappa shape index (κ3) is 4.79. The molecule has 9 heteroatoms. The summed E-state index contributed by atoms with van der Waals surface area (Å²) in [6.07, 6.45) is -0.470. The van der Waals surface area contributed by atoms with Crippen LogP contribution in [-0.2, 0) is 20.7 Å². The molecule has 2 amide bonds. The molecule has 176 valence electrons. The molecule has 8 nitrogen and oxygen atoms in total. The van der Waals surface area contributed by atoms with Crippen molar-refractivity contribution in [2.45, 2.75) is 38.1 Å². The molecule has 1 aliphatic rings.